The molecule has 0 bridgehead atoms. The van der Waals surface area contributed by atoms with E-state index in [0.29, 0.717) is 0 Å². The number of hydrogen-bond donors (Lipinski definition) is 0. The Morgan fingerprint density at radius 2 is 1.67 bits per heavy atom. The summed E-state index contributed by atoms with van der Waals surface area (Å²) in [5.74, 6) is 1.92. The second-order valence-corrected chi connectivity index (χ2v) is 6.28. The van der Waals surface area contributed by atoms with Gasteiger partial charge in [-0.05, 0) is 24.3 Å². The Morgan fingerprint density at radius 3 is 2.50 bits per heavy atom. The van der Waals surface area contributed by atoms with Crippen LogP contribution in [0.1, 0.15) is 5.76 Å². The summed E-state index contributed by atoms with van der Waals surface area (Å²) < 4.78 is 5.77. The largest absolute Gasteiger partial charge is 0.460 e. The van der Waals surface area contributed by atoms with Crippen LogP contribution in [0.25, 0.3) is 11.0 Å². The second-order valence-electron chi connectivity index (χ2n) is 3.91. The minimum atomic E-state index is 0.883. The van der Waals surface area contributed by atoms with E-state index < -0.39 is 0 Å². The first kappa shape index (κ1) is 11.8. The molecule has 1 heterocycles. The van der Waals surface area contributed by atoms with Crippen molar-refractivity contribution in [3.05, 3.63) is 66.4 Å². The summed E-state index contributed by atoms with van der Waals surface area (Å²) in [6, 6.07) is 20.6. The van der Waals surface area contributed by atoms with Crippen LogP contribution in [-0.2, 0) is 5.75 Å². The Balaban J connectivity index is 1.63. The summed E-state index contributed by atoms with van der Waals surface area (Å²) >= 11 is 0. The number of furan rings is 1. The molecule has 3 heteroatoms. The number of fused-ring (bicyclic) bond motifs is 1. The van der Waals surface area contributed by atoms with Crippen LogP contribution in [0, 0.1) is 0 Å². The lowest BCUT2D eigenvalue weighted by Crippen LogP contribution is -1.71. The van der Waals surface area contributed by atoms with E-state index in [2.05, 4.69) is 36.4 Å². The summed E-state index contributed by atoms with van der Waals surface area (Å²) in [5.41, 5.74) is 0.970. The van der Waals surface area contributed by atoms with Gasteiger partial charge < -0.3 is 4.42 Å². The molecule has 0 N–H and O–H groups in total. The standard InChI is InChI=1S/C15H12OS2/c1-2-7-14(8-3-1)18-17-11-13-10-12-6-4-5-9-15(12)16-13/h1-10H,11H2. The number of rotatable bonds is 4. The van der Waals surface area contributed by atoms with Crippen LogP contribution in [0.15, 0.2) is 70.0 Å². The Morgan fingerprint density at radius 1 is 0.889 bits per heavy atom. The Kier molecular flexibility index (Phi) is 3.62. The zero-order valence-electron chi connectivity index (χ0n) is 9.71. The predicted molar refractivity (Wildman–Crippen MR) is 79.8 cm³/mol. The molecule has 0 spiro atoms. The van der Waals surface area contributed by atoms with E-state index in [1.54, 1.807) is 21.6 Å². The van der Waals surface area contributed by atoms with E-state index in [-0.39, 0.29) is 0 Å². The van der Waals surface area contributed by atoms with Crippen LogP contribution in [0.4, 0.5) is 0 Å². The van der Waals surface area contributed by atoms with Crippen LogP contribution in [0.3, 0.4) is 0 Å². The molecule has 2 aromatic carbocycles. The summed E-state index contributed by atoms with van der Waals surface area (Å²) in [7, 11) is 3.58. The smallest absolute Gasteiger partial charge is 0.134 e. The molecule has 0 saturated carbocycles. The highest BCUT2D eigenvalue weighted by Gasteiger charge is 2.03. The molecule has 0 aliphatic rings. The highest BCUT2D eigenvalue weighted by Crippen LogP contribution is 2.34. The number of benzene rings is 2. The van der Waals surface area contributed by atoms with Crippen molar-refractivity contribution in [2.45, 2.75) is 10.6 Å². The van der Waals surface area contributed by atoms with E-state index >= 15 is 0 Å². The van der Waals surface area contributed by atoms with E-state index in [4.69, 9.17) is 4.42 Å². The molecule has 0 aliphatic heterocycles. The molecule has 0 unspecified atom stereocenters. The SMILES string of the molecule is c1ccc(SSCc2cc3ccccc3o2)cc1. The van der Waals surface area contributed by atoms with Gasteiger partial charge in [-0.25, -0.2) is 0 Å². The first-order valence-electron chi connectivity index (χ1n) is 5.74. The van der Waals surface area contributed by atoms with Gasteiger partial charge in [0.15, 0.2) is 0 Å². The van der Waals surface area contributed by atoms with Crippen LogP contribution in [0.5, 0.6) is 0 Å². The molecule has 18 heavy (non-hydrogen) atoms. The highest BCUT2D eigenvalue weighted by molar-refractivity contribution is 8.76. The minimum absolute atomic E-state index is 0.883. The fourth-order valence-electron chi connectivity index (χ4n) is 1.74. The average Bonchev–Trinajstić information content (AvgIpc) is 2.82. The molecule has 0 atom stereocenters. The monoisotopic (exact) mass is 272 g/mol. The molecule has 0 amide bonds. The van der Waals surface area contributed by atoms with Crippen molar-refractivity contribution in [3.63, 3.8) is 0 Å². The third-order valence-electron chi connectivity index (χ3n) is 2.58. The van der Waals surface area contributed by atoms with Crippen molar-refractivity contribution in [1.82, 2.24) is 0 Å². The third kappa shape index (κ3) is 2.74. The first-order valence-corrected chi connectivity index (χ1v) is 8.06. The zero-order chi connectivity index (χ0) is 12.2. The second kappa shape index (κ2) is 5.55. The average molecular weight is 272 g/mol. The van der Waals surface area contributed by atoms with E-state index in [9.17, 15) is 0 Å². The third-order valence-corrected chi connectivity index (χ3v) is 4.85. The molecular formula is C15H12OS2. The molecule has 3 aromatic rings. The Labute approximate surface area is 114 Å². The van der Waals surface area contributed by atoms with Crippen LogP contribution in [-0.4, -0.2) is 0 Å². The van der Waals surface area contributed by atoms with E-state index in [0.717, 1.165) is 17.1 Å². The lowest BCUT2D eigenvalue weighted by molar-refractivity contribution is 0.574. The van der Waals surface area contributed by atoms with Crippen molar-refractivity contribution < 1.29 is 4.42 Å². The quantitative estimate of drug-likeness (QED) is 0.592. The maximum absolute atomic E-state index is 5.77. The van der Waals surface area contributed by atoms with Crippen LogP contribution in [0.2, 0.25) is 0 Å². The van der Waals surface area contributed by atoms with Gasteiger partial charge in [0.05, 0.1) is 5.75 Å². The first-order chi connectivity index (χ1) is 8.92. The van der Waals surface area contributed by atoms with Crippen molar-refractivity contribution in [1.29, 1.82) is 0 Å². The summed E-state index contributed by atoms with van der Waals surface area (Å²) in [5, 5.41) is 1.18. The minimum Gasteiger partial charge on any atom is -0.460 e. The predicted octanol–water partition coefficient (Wildman–Crippen LogP) is 5.37. The fraction of sp³-hybridized carbons (Fsp3) is 0.0667. The summed E-state index contributed by atoms with van der Waals surface area (Å²) in [4.78, 5) is 1.28. The van der Waals surface area contributed by atoms with Gasteiger partial charge in [0.1, 0.15) is 11.3 Å². The zero-order valence-corrected chi connectivity index (χ0v) is 11.3. The van der Waals surface area contributed by atoms with Gasteiger partial charge in [0, 0.05) is 10.3 Å². The van der Waals surface area contributed by atoms with Crippen LogP contribution < -0.4 is 0 Å². The van der Waals surface area contributed by atoms with Gasteiger partial charge in [-0.2, -0.15) is 0 Å². The molecule has 90 valence electrons. The van der Waals surface area contributed by atoms with Gasteiger partial charge in [-0.1, -0.05) is 58.0 Å². The van der Waals surface area contributed by atoms with Gasteiger partial charge in [0.25, 0.3) is 0 Å². The molecule has 0 saturated heterocycles. The number of para-hydroxylation sites is 1. The Bertz CT molecular complexity index is 598. The molecule has 0 fully saturated rings. The highest BCUT2D eigenvalue weighted by atomic mass is 33.1. The maximum atomic E-state index is 5.77. The van der Waals surface area contributed by atoms with Gasteiger partial charge in [-0.3, -0.25) is 0 Å². The Hall–Kier alpha value is -1.32. The van der Waals surface area contributed by atoms with Crippen molar-refractivity contribution >= 4 is 32.6 Å². The van der Waals surface area contributed by atoms with Crippen LogP contribution >= 0.6 is 21.6 Å². The molecular weight excluding hydrogens is 260 g/mol. The lowest BCUT2D eigenvalue weighted by Gasteiger charge is -1.98. The van der Waals surface area contributed by atoms with Gasteiger partial charge in [-0.15, -0.1) is 0 Å². The van der Waals surface area contributed by atoms with Crippen molar-refractivity contribution in [2.24, 2.45) is 0 Å². The lowest BCUT2D eigenvalue weighted by atomic mass is 10.2. The van der Waals surface area contributed by atoms with Gasteiger partial charge >= 0.3 is 0 Å². The summed E-state index contributed by atoms with van der Waals surface area (Å²) in [6.07, 6.45) is 0. The molecule has 3 rings (SSSR count). The fourth-order valence-corrected chi connectivity index (χ4v) is 3.73. The van der Waals surface area contributed by atoms with Crippen molar-refractivity contribution in [3.8, 4) is 0 Å². The normalized spacial score (nSPS) is 10.9. The van der Waals surface area contributed by atoms with E-state index in [1.807, 2.05) is 24.3 Å². The summed E-state index contributed by atoms with van der Waals surface area (Å²) in [6.45, 7) is 0. The van der Waals surface area contributed by atoms with Gasteiger partial charge in [0.2, 0.25) is 0 Å². The van der Waals surface area contributed by atoms with E-state index in [1.165, 1.54) is 10.3 Å². The molecule has 0 radical (unpaired) electrons. The van der Waals surface area contributed by atoms with Crippen molar-refractivity contribution in [2.75, 3.05) is 0 Å². The molecule has 1 aromatic heterocycles. The topological polar surface area (TPSA) is 13.1 Å². The maximum Gasteiger partial charge on any atom is 0.134 e. The molecule has 1 nitrogen and oxygen atoms in total. The molecule has 0 aliphatic carbocycles. The number of hydrogen-bond acceptors (Lipinski definition) is 3.